The molecule has 0 aliphatic carbocycles. The quantitative estimate of drug-likeness (QED) is 0.489. The molecule has 0 aliphatic heterocycles. The molecule has 0 heterocycles. The summed E-state index contributed by atoms with van der Waals surface area (Å²) in [6.07, 6.45) is 0.222. The van der Waals surface area contributed by atoms with Crippen LogP contribution in [0.25, 0.3) is 0 Å². The van der Waals surface area contributed by atoms with E-state index in [1.165, 1.54) is 0 Å². The van der Waals surface area contributed by atoms with E-state index in [4.69, 9.17) is 19.7 Å². The second kappa shape index (κ2) is 17.7. The summed E-state index contributed by atoms with van der Waals surface area (Å²) in [6, 6.07) is 29.0. The molecule has 5 heteroatoms. The number of carbonyl (C=O) groups is 1. The molecular formula is C27H34O5. The van der Waals surface area contributed by atoms with Gasteiger partial charge in [0.1, 0.15) is 6.10 Å². The first-order chi connectivity index (χ1) is 15.6. The summed E-state index contributed by atoms with van der Waals surface area (Å²) in [4.78, 5) is 11.0. The number of hydrogen-bond acceptors (Lipinski definition) is 5. The predicted octanol–water partition coefficient (Wildman–Crippen LogP) is 4.90. The Balaban J connectivity index is 0.000000267. The lowest BCUT2D eigenvalue weighted by Crippen LogP contribution is -2.19. The summed E-state index contributed by atoms with van der Waals surface area (Å²) < 4.78 is 10.5. The molecule has 0 bridgehead atoms. The number of ether oxygens (including phenoxy) is 2. The van der Waals surface area contributed by atoms with Crippen LogP contribution in [0.15, 0.2) is 91.0 Å². The van der Waals surface area contributed by atoms with Gasteiger partial charge in [0.25, 0.3) is 0 Å². The normalized spacial score (nSPS) is 10.6. The molecule has 2 N–H and O–H groups in total. The Bertz CT molecular complexity index is 783. The van der Waals surface area contributed by atoms with Crippen LogP contribution in [-0.4, -0.2) is 28.9 Å². The maximum Gasteiger partial charge on any atom is 0.305 e. The van der Waals surface area contributed by atoms with Gasteiger partial charge in [-0.3, -0.25) is 4.79 Å². The summed E-state index contributed by atoms with van der Waals surface area (Å²) in [5.41, 5.74) is 3.05. The molecule has 0 saturated heterocycles. The van der Waals surface area contributed by atoms with E-state index in [-0.39, 0.29) is 25.3 Å². The Labute approximate surface area is 191 Å². The van der Waals surface area contributed by atoms with E-state index >= 15 is 0 Å². The third-order valence-electron chi connectivity index (χ3n) is 4.14. The van der Waals surface area contributed by atoms with E-state index in [1.807, 2.05) is 97.9 Å². The molecule has 3 aromatic rings. The molecule has 3 rings (SSSR count). The minimum absolute atomic E-state index is 0.140. The number of benzene rings is 3. The van der Waals surface area contributed by atoms with Crippen molar-refractivity contribution in [3.63, 3.8) is 0 Å². The first-order valence-corrected chi connectivity index (χ1v) is 10.7. The molecule has 0 amide bonds. The van der Waals surface area contributed by atoms with Crippen LogP contribution in [-0.2, 0) is 34.1 Å². The number of carbonyl (C=O) groups excluding carboxylic acids is 1. The van der Waals surface area contributed by atoms with Gasteiger partial charge in [0.2, 0.25) is 0 Å². The predicted molar refractivity (Wildman–Crippen MR) is 127 cm³/mol. The van der Waals surface area contributed by atoms with Crippen molar-refractivity contribution in [2.75, 3.05) is 6.61 Å². The van der Waals surface area contributed by atoms with Crippen molar-refractivity contribution in [3.05, 3.63) is 108 Å². The second-order valence-electron chi connectivity index (χ2n) is 6.94. The van der Waals surface area contributed by atoms with E-state index in [0.717, 1.165) is 16.7 Å². The van der Waals surface area contributed by atoms with Gasteiger partial charge in [-0.1, -0.05) is 97.9 Å². The van der Waals surface area contributed by atoms with Crippen molar-refractivity contribution in [1.29, 1.82) is 0 Å². The van der Waals surface area contributed by atoms with Crippen molar-refractivity contribution >= 4 is 5.97 Å². The SMILES string of the molecule is CCC(=O)OC(C)COCc1ccccc1.OCc1ccccc1.OCc1ccccc1. The smallest absolute Gasteiger partial charge is 0.305 e. The van der Waals surface area contributed by atoms with E-state index in [0.29, 0.717) is 19.6 Å². The van der Waals surface area contributed by atoms with Crippen molar-refractivity contribution in [1.82, 2.24) is 0 Å². The molecule has 0 aliphatic rings. The molecule has 0 spiro atoms. The number of aliphatic hydroxyl groups is 2. The highest BCUT2D eigenvalue weighted by molar-refractivity contribution is 5.69. The van der Waals surface area contributed by atoms with Gasteiger partial charge in [-0.25, -0.2) is 0 Å². The summed E-state index contributed by atoms with van der Waals surface area (Å²) in [5.74, 6) is -0.184. The van der Waals surface area contributed by atoms with Crippen LogP contribution in [0.1, 0.15) is 37.0 Å². The van der Waals surface area contributed by atoms with Gasteiger partial charge >= 0.3 is 5.97 Å². The van der Waals surface area contributed by atoms with Crippen LogP contribution in [0, 0.1) is 0 Å². The molecular weight excluding hydrogens is 404 g/mol. The van der Waals surface area contributed by atoms with Gasteiger partial charge in [0.15, 0.2) is 0 Å². The third-order valence-corrected chi connectivity index (χ3v) is 4.14. The van der Waals surface area contributed by atoms with Gasteiger partial charge in [-0.05, 0) is 23.6 Å². The Morgan fingerprint density at radius 1 is 0.750 bits per heavy atom. The first-order valence-electron chi connectivity index (χ1n) is 10.7. The van der Waals surface area contributed by atoms with Gasteiger partial charge in [0, 0.05) is 6.42 Å². The van der Waals surface area contributed by atoms with Gasteiger partial charge in [0.05, 0.1) is 26.4 Å². The average Bonchev–Trinajstić information content (AvgIpc) is 2.86. The highest BCUT2D eigenvalue weighted by Gasteiger charge is 2.07. The van der Waals surface area contributed by atoms with E-state index in [9.17, 15) is 4.79 Å². The molecule has 3 aromatic carbocycles. The zero-order valence-corrected chi connectivity index (χ0v) is 18.9. The summed E-state index contributed by atoms with van der Waals surface area (Å²) in [6.45, 7) is 4.87. The van der Waals surface area contributed by atoms with Crippen molar-refractivity contribution in [2.45, 2.75) is 46.2 Å². The minimum Gasteiger partial charge on any atom is -0.460 e. The van der Waals surface area contributed by atoms with E-state index < -0.39 is 0 Å². The molecule has 5 nitrogen and oxygen atoms in total. The lowest BCUT2D eigenvalue weighted by Gasteiger charge is -2.12. The zero-order chi connectivity index (χ0) is 23.4. The van der Waals surface area contributed by atoms with Crippen molar-refractivity contribution in [2.24, 2.45) is 0 Å². The highest BCUT2D eigenvalue weighted by atomic mass is 16.6. The number of aliphatic hydroxyl groups excluding tert-OH is 2. The molecule has 0 saturated carbocycles. The van der Waals surface area contributed by atoms with Gasteiger partial charge in [-0.2, -0.15) is 0 Å². The molecule has 0 aromatic heterocycles. The Morgan fingerprint density at radius 2 is 1.16 bits per heavy atom. The topological polar surface area (TPSA) is 76.0 Å². The van der Waals surface area contributed by atoms with Crippen molar-refractivity contribution < 1.29 is 24.5 Å². The second-order valence-corrected chi connectivity index (χ2v) is 6.94. The fourth-order valence-corrected chi connectivity index (χ4v) is 2.43. The molecule has 0 fully saturated rings. The zero-order valence-electron chi connectivity index (χ0n) is 18.9. The lowest BCUT2D eigenvalue weighted by atomic mass is 10.2. The fourth-order valence-electron chi connectivity index (χ4n) is 2.43. The molecule has 172 valence electrons. The largest absolute Gasteiger partial charge is 0.460 e. The molecule has 1 atom stereocenters. The van der Waals surface area contributed by atoms with Crippen molar-refractivity contribution in [3.8, 4) is 0 Å². The van der Waals surface area contributed by atoms with Crippen LogP contribution in [0.5, 0.6) is 0 Å². The lowest BCUT2D eigenvalue weighted by molar-refractivity contribution is -0.150. The highest BCUT2D eigenvalue weighted by Crippen LogP contribution is 2.02. The summed E-state index contributed by atoms with van der Waals surface area (Å²) in [5, 5.41) is 17.1. The van der Waals surface area contributed by atoms with Crippen LogP contribution in [0.3, 0.4) is 0 Å². The number of hydrogen-bond donors (Lipinski definition) is 2. The fraction of sp³-hybridized carbons (Fsp3) is 0.296. The molecule has 32 heavy (non-hydrogen) atoms. The average molecular weight is 439 g/mol. The van der Waals surface area contributed by atoms with Gasteiger partial charge < -0.3 is 19.7 Å². The van der Waals surface area contributed by atoms with E-state index in [2.05, 4.69) is 0 Å². The molecule has 0 radical (unpaired) electrons. The number of esters is 1. The van der Waals surface area contributed by atoms with Gasteiger partial charge in [-0.15, -0.1) is 0 Å². The summed E-state index contributed by atoms with van der Waals surface area (Å²) >= 11 is 0. The van der Waals surface area contributed by atoms with E-state index in [1.54, 1.807) is 6.92 Å². The maximum atomic E-state index is 11.0. The van der Waals surface area contributed by atoms with Crippen LogP contribution in [0.2, 0.25) is 0 Å². The molecule has 1 unspecified atom stereocenters. The Hall–Kier alpha value is -2.99. The van der Waals surface area contributed by atoms with Crippen LogP contribution in [0.4, 0.5) is 0 Å². The minimum atomic E-state index is -0.184. The van der Waals surface area contributed by atoms with Crippen LogP contribution >= 0.6 is 0 Å². The van der Waals surface area contributed by atoms with Crippen LogP contribution < -0.4 is 0 Å². The monoisotopic (exact) mass is 438 g/mol. The Kier molecular flexibility index (Phi) is 14.9. The third kappa shape index (κ3) is 13.3. The maximum absolute atomic E-state index is 11.0. The summed E-state index contributed by atoms with van der Waals surface area (Å²) in [7, 11) is 0. The standard InChI is InChI=1S/C13H18O3.2C7H8O/c1-3-13(14)16-11(2)9-15-10-12-7-5-4-6-8-12;2*8-6-7-4-2-1-3-5-7/h4-8,11H,3,9-10H2,1-2H3;2*1-5,8H,6H2. The number of rotatable bonds is 8. The first kappa shape index (κ1) is 27.0. The Morgan fingerprint density at radius 3 is 1.50 bits per heavy atom.